The second kappa shape index (κ2) is 3.56. The smallest absolute Gasteiger partial charge is 0.150 e. The third kappa shape index (κ3) is 2.30. The summed E-state index contributed by atoms with van der Waals surface area (Å²) in [5.74, 6) is -3.53. The molecule has 0 aromatic carbocycles. The second-order valence-electron chi connectivity index (χ2n) is 2.16. The Balaban J connectivity index is 3.99. The molecule has 0 heterocycles. The van der Waals surface area contributed by atoms with Crippen LogP contribution in [0.15, 0.2) is 0 Å². The Morgan fingerprint density at radius 3 is 2.75 bits per heavy atom. The maximum absolute atomic E-state index is 11.8. The van der Waals surface area contributed by atoms with Crippen molar-refractivity contribution in [2.45, 2.75) is 30.7 Å². The van der Waals surface area contributed by atoms with Crippen molar-refractivity contribution >= 4 is 16.1 Å². The van der Waals surface area contributed by atoms with Crippen molar-refractivity contribution in [3.8, 4) is 0 Å². The highest BCUT2D eigenvalue weighted by atomic mass is 32.2. The highest BCUT2D eigenvalue weighted by molar-refractivity contribution is 7.91. The molecule has 0 N–H and O–H groups in total. The summed E-state index contributed by atoms with van der Waals surface area (Å²) < 4.78 is 99.8. The topological polar surface area (TPSA) is 51.2 Å². The summed E-state index contributed by atoms with van der Waals surface area (Å²) >= 11 is 0. The molecule has 1 saturated carbocycles. The van der Waals surface area contributed by atoms with E-state index in [9.17, 15) is 13.2 Å². The fourth-order valence-corrected chi connectivity index (χ4v) is 1.10. The van der Waals surface area contributed by atoms with Crippen LogP contribution in [0.5, 0.6) is 0 Å². The first kappa shape index (κ1) is 2.80. The first-order valence-electron chi connectivity index (χ1n) is 8.05. The van der Waals surface area contributed by atoms with Crippen LogP contribution in [0.25, 0.3) is 0 Å². The van der Waals surface area contributed by atoms with E-state index in [2.05, 4.69) is 0 Å². The van der Waals surface area contributed by atoms with Crippen LogP contribution in [0.1, 0.15) is 39.2 Å². The van der Waals surface area contributed by atoms with Crippen molar-refractivity contribution < 1.29 is 26.9 Å². The Morgan fingerprint density at radius 1 is 1.58 bits per heavy atom. The van der Waals surface area contributed by atoms with E-state index in [1.54, 1.807) is 0 Å². The molecule has 3 unspecified atom stereocenters. The molecule has 0 saturated heterocycles. The second-order valence-corrected chi connectivity index (χ2v) is 4.11. The number of rotatable bonds is 2. The Labute approximate surface area is 87.1 Å². The zero-order chi connectivity index (χ0) is 18.2. The standard InChI is InChI=1S/C8H14O3S/c1-12(10,11)8-4-2-7(6-9)3-5-8/h6-8H,2-5H2,1H3/i2D,3D2,4D2,5D2,6D,7D,8D. The third-order valence-corrected chi connectivity index (χ3v) is 2.10. The number of carbonyl (C=O) groups excluding carboxylic acids is 1. The summed E-state index contributed by atoms with van der Waals surface area (Å²) in [5.41, 5.74) is 0. The summed E-state index contributed by atoms with van der Waals surface area (Å²) in [6, 6.07) is 0. The number of sulfone groups is 1. The first-order valence-corrected chi connectivity index (χ1v) is 4.87. The lowest BCUT2D eigenvalue weighted by molar-refractivity contribution is -0.111. The zero-order valence-corrected chi connectivity index (χ0v) is 7.03. The molecule has 0 bridgehead atoms. The van der Waals surface area contributed by atoms with E-state index >= 15 is 0 Å². The van der Waals surface area contributed by atoms with Crippen LogP contribution in [0, 0.1) is 5.89 Å². The van der Waals surface area contributed by atoms with Crippen LogP contribution in [-0.2, 0) is 14.6 Å². The van der Waals surface area contributed by atoms with E-state index in [1.807, 2.05) is 0 Å². The molecular weight excluding hydrogens is 176 g/mol. The maximum Gasteiger partial charge on any atom is 0.150 e. The SMILES string of the molecule is [2H]C(=O)C1([2H])C([2H])C([2H])([2H])C([2H])(S(C)(=O)=O)C([2H])([2H])C1([2H])[2H]. The molecule has 1 aliphatic rings. The molecule has 3 nitrogen and oxygen atoms in total. The van der Waals surface area contributed by atoms with Gasteiger partial charge in [-0.15, -0.1) is 0 Å². The minimum Gasteiger partial charge on any atom is -0.303 e. The van der Waals surface area contributed by atoms with Crippen molar-refractivity contribution in [2.24, 2.45) is 5.89 Å². The lowest BCUT2D eigenvalue weighted by atomic mass is 9.90. The van der Waals surface area contributed by atoms with Gasteiger partial charge in [0.1, 0.15) is 17.5 Å². The molecule has 0 aromatic heterocycles. The summed E-state index contributed by atoms with van der Waals surface area (Å²) in [4.78, 5) is 11.4. The van der Waals surface area contributed by atoms with Gasteiger partial charge in [-0.3, -0.25) is 0 Å². The normalized spacial score (nSPS) is 74.6. The van der Waals surface area contributed by atoms with Crippen LogP contribution >= 0.6 is 0 Å². The van der Waals surface area contributed by atoms with E-state index in [0.717, 1.165) is 0 Å². The largest absolute Gasteiger partial charge is 0.303 e. The van der Waals surface area contributed by atoms with Crippen LogP contribution in [0.4, 0.5) is 0 Å². The van der Waals surface area contributed by atoms with E-state index < -0.39 is 52.7 Å². The van der Waals surface area contributed by atoms with Gasteiger partial charge in [-0.2, -0.15) is 0 Å². The fourth-order valence-electron chi connectivity index (χ4n) is 0.589. The summed E-state index contributed by atoms with van der Waals surface area (Å²) in [6.07, 6.45) is -15.8. The van der Waals surface area contributed by atoms with Crippen LogP contribution < -0.4 is 0 Å². The lowest BCUT2D eigenvalue weighted by Gasteiger charge is -2.23. The van der Waals surface area contributed by atoms with E-state index in [1.165, 1.54) is 0 Å². The predicted octanol–water partition coefficient (Wildman–Crippen LogP) is 0.789. The maximum atomic E-state index is 11.8. The monoisotopic (exact) mass is 200 g/mol. The highest BCUT2D eigenvalue weighted by Gasteiger charge is 2.27. The molecule has 0 amide bonds. The number of hydrogen-bond donors (Lipinski definition) is 0. The Hall–Kier alpha value is -0.380. The van der Waals surface area contributed by atoms with Crippen molar-refractivity contribution in [1.82, 2.24) is 0 Å². The van der Waals surface area contributed by atoms with Crippen molar-refractivity contribution in [1.29, 1.82) is 0 Å². The number of carbonyl (C=O) groups is 1. The minimum atomic E-state index is -4.92. The van der Waals surface area contributed by atoms with E-state index in [4.69, 9.17) is 13.7 Å². The van der Waals surface area contributed by atoms with Gasteiger partial charge in [0, 0.05) is 24.5 Å². The quantitative estimate of drug-likeness (QED) is 0.619. The van der Waals surface area contributed by atoms with Crippen LogP contribution in [-0.4, -0.2) is 26.2 Å². The Morgan fingerprint density at radius 2 is 2.25 bits per heavy atom. The molecule has 1 rings (SSSR count). The van der Waals surface area contributed by atoms with Gasteiger partial charge in [0.05, 0.1) is 5.23 Å². The third-order valence-electron chi connectivity index (χ3n) is 1.14. The summed E-state index contributed by atoms with van der Waals surface area (Å²) in [5, 5.41) is -3.77. The van der Waals surface area contributed by atoms with E-state index in [0.29, 0.717) is 6.26 Å². The van der Waals surface area contributed by atoms with Gasteiger partial charge >= 0.3 is 0 Å². The van der Waals surface area contributed by atoms with E-state index in [-0.39, 0.29) is 0 Å². The van der Waals surface area contributed by atoms with Gasteiger partial charge in [-0.1, -0.05) is 0 Å². The molecule has 12 heavy (non-hydrogen) atoms. The molecule has 70 valence electrons. The zero-order valence-electron chi connectivity index (χ0n) is 16.2. The van der Waals surface area contributed by atoms with Gasteiger partial charge < -0.3 is 4.79 Å². The molecule has 0 spiro atoms. The predicted molar refractivity (Wildman–Crippen MR) is 46.7 cm³/mol. The first-order chi connectivity index (χ1) is 9.35. The lowest BCUT2D eigenvalue weighted by Crippen LogP contribution is -2.26. The van der Waals surface area contributed by atoms with Crippen LogP contribution in [0.2, 0.25) is 0 Å². The van der Waals surface area contributed by atoms with Gasteiger partial charge in [-0.05, 0) is 25.5 Å². The molecule has 0 aromatic rings. The fraction of sp³-hybridized carbons (Fsp3) is 0.875. The molecule has 0 radical (unpaired) electrons. The molecule has 0 aliphatic heterocycles. The highest BCUT2D eigenvalue weighted by Crippen LogP contribution is 2.26. The Bertz CT molecular complexity index is 616. The minimum absolute atomic E-state index is 0.317. The van der Waals surface area contributed by atoms with Crippen LogP contribution in [0.3, 0.4) is 0 Å². The average molecular weight is 200 g/mol. The van der Waals surface area contributed by atoms with Gasteiger partial charge in [0.25, 0.3) is 0 Å². The summed E-state index contributed by atoms with van der Waals surface area (Å²) in [6.45, 7) is 0. The van der Waals surface area contributed by atoms with Crippen molar-refractivity contribution in [3.05, 3.63) is 0 Å². The van der Waals surface area contributed by atoms with Gasteiger partial charge in [0.15, 0.2) is 0 Å². The average Bonchev–Trinajstić information content (AvgIpc) is 2.31. The van der Waals surface area contributed by atoms with Gasteiger partial charge in [-0.25, -0.2) is 8.42 Å². The Kier molecular flexibility index (Phi) is 0.831. The van der Waals surface area contributed by atoms with Crippen molar-refractivity contribution in [3.63, 3.8) is 0 Å². The number of hydrogen-bond acceptors (Lipinski definition) is 3. The number of aldehydes is 1. The molecule has 1 aliphatic carbocycles. The molecule has 4 heteroatoms. The summed E-state index contributed by atoms with van der Waals surface area (Å²) in [7, 11) is -4.92. The molecule has 3 atom stereocenters. The molecule has 1 fully saturated rings. The molecular formula is C8H14O3S. The van der Waals surface area contributed by atoms with Gasteiger partial charge in [0.2, 0.25) is 0 Å². The van der Waals surface area contributed by atoms with Crippen molar-refractivity contribution in [2.75, 3.05) is 6.26 Å².